The van der Waals surface area contributed by atoms with Crippen LogP contribution in [0.5, 0.6) is 0 Å². The van der Waals surface area contributed by atoms with E-state index in [0.717, 1.165) is 11.1 Å². The highest BCUT2D eigenvalue weighted by atomic mass is 16.2. The molecule has 0 aliphatic carbocycles. The molecule has 2 aromatic carbocycles. The van der Waals surface area contributed by atoms with Gasteiger partial charge in [-0.2, -0.15) is 0 Å². The molecule has 0 aliphatic rings. The van der Waals surface area contributed by atoms with Gasteiger partial charge >= 0.3 is 0 Å². The number of rotatable bonds is 5. The van der Waals surface area contributed by atoms with E-state index in [1.54, 1.807) is 25.1 Å². The van der Waals surface area contributed by atoms with E-state index < -0.39 is 0 Å². The summed E-state index contributed by atoms with van der Waals surface area (Å²) in [6.45, 7) is 1.87. The van der Waals surface area contributed by atoms with Crippen molar-refractivity contribution >= 4 is 11.8 Å². The average Bonchev–Trinajstić information content (AvgIpc) is 2.61. The molecular weight excluding hydrogens is 288 g/mol. The van der Waals surface area contributed by atoms with Gasteiger partial charge in [-0.25, -0.2) is 0 Å². The summed E-state index contributed by atoms with van der Waals surface area (Å²) in [5, 5.41) is 2.58. The summed E-state index contributed by atoms with van der Waals surface area (Å²) in [6.07, 6.45) is 0.289. The molecule has 1 N–H and O–H groups in total. The largest absolute Gasteiger partial charge is 0.359 e. The van der Waals surface area contributed by atoms with E-state index in [4.69, 9.17) is 0 Å². The molecule has 0 saturated heterocycles. The predicted octanol–water partition coefficient (Wildman–Crippen LogP) is 2.95. The molecule has 4 heteroatoms. The zero-order valence-electron chi connectivity index (χ0n) is 13.7. The van der Waals surface area contributed by atoms with Crippen molar-refractivity contribution in [1.82, 2.24) is 10.2 Å². The van der Waals surface area contributed by atoms with E-state index in [1.807, 2.05) is 55.5 Å². The Labute approximate surface area is 137 Å². The number of amides is 2. The van der Waals surface area contributed by atoms with Crippen molar-refractivity contribution in [3.05, 3.63) is 60.2 Å². The van der Waals surface area contributed by atoms with Gasteiger partial charge in [0.25, 0.3) is 5.91 Å². The van der Waals surface area contributed by atoms with Crippen LogP contribution in [0.2, 0.25) is 0 Å². The summed E-state index contributed by atoms with van der Waals surface area (Å²) in [5.41, 5.74) is 2.70. The zero-order chi connectivity index (χ0) is 16.8. The summed E-state index contributed by atoms with van der Waals surface area (Å²) < 4.78 is 0. The average molecular weight is 310 g/mol. The smallest absolute Gasteiger partial charge is 0.253 e. The maximum Gasteiger partial charge on any atom is 0.253 e. The fourth-order valence-corrected chi connectivity index (χ4v) is 2.37. The monoisotopic (exact) mass is 310 g/mol. The minimum Gasteiger partial charge on any atom is -0.359 e. The van der Waals surface area contributed by atoms with E-state index in [0.29, 0.717) is 5.56 Å². The first-order valence-electron chi connectivity index (χ1n) is 7.66. The molecule has 0 fully saturated rings. The molecule has 120 valence electrons. The molecule has 0 bridgehead atoms. The highest BCUT2D eigenvalue weighted by Gasteiger charge is 2.19. The van der Waals surface area contributed by atoms with Crippen molar-refractivity contribution in [2.24, 2.45) is 0 Å². The van der Waals surface area contributed by atoms with Gasteiger partial charge < -0.3 is 10.2 Å². The summed E-state index contributed by atoms with van der Waals surface area (Å²) in [5.74, 6) is -0.158. The van der Waals surface area contributed by atoms with Crippen molar-refractivity contribution in [3.8, 4) is 11.1 Å². The second kappa shape index (κ2) is 7.58. The molecule has 4 nitrogen and oxygen atoms in total. The predicted molar refractivity (Wildman–Crippen MR) is 92.1 cm³/mol. The molecule has 0 saturated carbocycles. The Morgan fingerprint density at radius 3 is 2.35 bits per heavy atom. The number of carbonyl (C=O) groups is 2. The number of nitrogens with zero attached hydrogens (tertiary/aromatic N) is 1. The van der Waals surface area contributed by atoms with Gasteiger partial charge in [-0.3, -0.25) is 9.59 Å². The first-order valence-corrected chi connectivity index (χ1v) is 7.66. The Balaban J connectivity index is 2.18. The second-order valence-electron chi connectivity index (χ2n) is 5.59. The Bertz CT molecular complexity index is 683. The van der Waals surface area contributed by atoms with E-state index in [2.05, 4.69) is 5.32 Å². The van der Waals surface area contributed by atoms with Crippen molar-refractivity contribution in [2.45, 2.75) is 19.4 Å². The third-order valence-corrected chi connectivity index (χ3v) is 3.96. The van der Waals surface area contributed by atoms with E-state index in [-0.39, 0.29) is 24.3 Å². The molecule has 2 rings (SSSR count). The molecule has 0 aliphatic heterocycles. The molecule has 0 radical (unpaired) electrons. The number of benzene rings is 2. The van der Waals surface area contributed by atoms with Crippen molar-refractivity contribution in [1.29, 1.82) is 0 Å². The van der Waals surface area contributed by atoms with Crippen LogP contribution in [0.1, 0.15) is 23.7 Å². The highest BCUT2D eigenvalue weighted by Crippen LogP contribution is 2.21. The first kappa shape index (κ1) is 16.7. The lowest BCUT2D eigenvalue weighted by atomic mass is 10.0. The van der Waals surface area contributed by atoms with E-state index >= 15 is 0 Å². The van der Waals surface area contributed by atoms with Crippen molar-refractivity contribution in [2.75, 3.05) is 14.1 Å². The Morgan fingerprint density at radius 1 is 1.04 bits per heavy atom. The number of hydrogen-bond donors (Lipinski definition) is 1. The van der Waals surface area contributed by atoms with Crippen LogP contribution in [0, 0.1) is 0 Å². The van der Waals surface area contributed by atoms with Crippen LogP contribution in [0.15, 0.2) is 54.6 Å². The maximum atomic E-state index is 12.6. The van der Waals surface area contributed by atoms with Crippen LogP contribution in [-0.4, -0.2) is 36.9 Å². The van der Waals surface area contributed by atoms with Crippen LogP contribution in [0.25, 0.3) is 11.1 Å². The molecular formula is C19H22N2O2. The molecule has 0 aromatic heterocycles. The van der Waals surface area contributed by atoms with Gasteiger partial charge in [0, 0.05) is 32.1 Å². The van der Waals surface area contributed by atoms with Crippen LogP contribution in [0.4, 0.5) is 0 Å². The van der Waals surface area contributed by atoms with Crippen molar-refractivity contribution in [3.63, 3.8) is 0 Å². The fraction of sp³-hybridized carbons (Fsp3) is 0.263. The minimum atomic E-state index is -0.164. The van der Waals surface area contributed by atoms with Crippen molar-refractivity contribution < 1.29 is 9.59 Å². The summed E-state index contributed by atoms with van der Waals surface area (Å²) in [7, 11) is 3.32. The van der Waals surface area contributed by atoms with Gasteiger partial charge in [0.15, 0.2) is 0 Å². The van der Waals surface area contributed by atoms with Crippen LogP contribution < -0.4 is 5.32 Å². The fourth-order valence-electron chi connectivity index (χ4n) is 2.37. The molecule has 2 amide bonds. The van der Waals surface area contributed by atoms with Gasteiger partial charge in [-0.15, -0.1) is 0 Å². The Morgan fingerprint density at radius 2 is 1.70 bits per heavy atom. The number of hydrogen-bond acceptors (Lipinski definition) is 2. The van der Waals surface area contributed by atoms with Crippen LogP contribution in [0.3, 0.4) is 0 Å². The molecule has 2 aromatic rings. The quantitative estimate of drug-likeness (QED) is 0.923. The minimum absolute atomic E-state index is 0.0739. The maximum absolute atomic E-state index is 12.6. The highest BCUT2D eigenvalue weighted by molar-refractivity contribution is 5.95. The number of nitrogens with one attached hydrogen (secondary N) is 1. The van der Waals surface area contributed by atoms with Crippen LogP contribution in [-0.2, 0) is 4.79 Å². The van der Waals surface area contributed by atoms with Gasteiger partial charge in [-0.05, 0) is 30.2 Å². The van der Waals surface area contributed by atoms with E-state index in [9.17, 15) is 9.59 Å². The first-order chi connectivity index (χ1) is 11.0. The van der Waals surface area contributed by atoms with Crippen LogP contribution >= 0.6 is 0 Å². The summed E-state index contributed by atoms with van der Waals surface area (Å²) in [4.78, 5) is 25.7. The lowest BCUT2D eigenvalue weighted by Gasteiger charge is -2.24. The Hall–Kier alpha value is -2.62. The lowest BCUT2D eigenvalue weighted by molar-refractivity contribution is -0.121. The van der Waals surface area contributed by atoms with Gasteiger partial charge in [0.2, 0.25) is 5.91 Å². The van der Waals surface area contributed by atoms with Gasteiger partial charge in [-0.1, -0.05) is 42.5 Å². The normalized spacial score (nSPS) is 11.6. The van der Waals surface area contributed by atoms with Gasteiger partial charge in [0.05, 0.1) is 0 Å². The SMILES string of the molecule is CNC(=O)C[C@@H](C)N(C)C(=O)c1cccc(-c2ccccc2)c1. The molecule has 23 heavy (non-hydrogen) atoms. The Kier molecular flexibility index (Phi) is 5.52. The van der Waals surface area contributed by atoms with Gasteiger partial charge in [0.1, 0.15) is 0 Å². The summed E-state index contributed by atoms with van der Waals surface area (Å²) >= 11 is 0. The topological polar surface area (TPSA) is 49.4 Å². The zero-order valence-corrected chi connectivity index (χ0v) is 13.7. The lowest BCUT2D eigenvalue weighted by Crippen LogP contribution is -2.38. The molecule has 0 unspecified atom stereocenters. The third-order valence-electron chi connectivity index (χ3n) is 3.96. The summed E-state index contributed by atoms with van der Waals surface area (Å²) in [6, 6.07) is 17.3. The molecule has 0 spiro atoms. The second-order valence-corrected chi connectivity index (χ2v) is 5.59. The standard InChI is InChI=1S/C19H22N2O2/c1-14(12-18(22)20-2)21(3)19(23)17-11-7-10-16(13-17)15-8-5-4-6-9-15/h4-11,13-14H,12H2,1-3H3,(H,20,22)/t14-/m1/s1. The molecule has 1 atom stereocenters. The number of carbonyl (C=O) groups excluding carboxylic acids is 2. The van der Waals surface area contributed by atoms with E-state index in [1.165, 1.54) is 0 Å². The third kappa shape index (κ3) is 4.19. The molecule has 0 heterocycles.